The van der Waals surface area contributed by atoms with E-state index in [9.17, 15) is 85.7 Å². The van der Waals surface area contributed by atoms with Gasteiger partial charge in [0.15, 0.2) is 33.6 Å². The summed E-state index contributed by atoms with van der Waals surface area (Å²) in [5.74, 6) is 0.262. The van der Waals surface area contributed by atoms with Crippen molar-refractivity contribution in [2.24, 2.45) is 67.0 Å². The van der Waals surface area contributed by atoms with E-state index in [4.69, 9.17) is 66.9 Å². The number of ether oxygens (including phenoxy) is 4. The molecule has 0 radical (unpaired) electrons. The van der Waals surface area contributed by atoms with Crippen LogP contribution in [0.1, 0.15) is 154 Å². The Morgan fingerprint density at radius 2 is 0.708 bits per heavy atom. The van der Waals surface area contributed by atoms with E-state index in [1.54, 1.807) is 49.1 Å². The number of aromatic amines is 3. The van der Waals surface area contributed by atoms with Crippen LogP contribution in [0.3, 0.4) is 0 Å². The summed E-state index contributed by atoms with van der Waals surface area (Å²) in [5.41, 5.74) is 14.7. The molecule has 8 aliphatic carbocycles. The number of nitrogens with one attached hydrogen (secondary N) is 3. The molecule has 40 nitrogen and oxygen atoms in total. The molecule has 8 heterocycles. The summed E-state index contributed by atoms with van der Waals surface area (Å²) in [6.07, 6.45) is 14.1. The molecule has 12 fully saturated rings. The fourth-order valence-corrected chi connectivity index (χ4v) is 28.4. The first-order valence-electron chi connectivity index (χ1n) is 38.5. The van der Waals surface area contributed by atoms with E-state index in [-0.39, 0.29) is 161 Å². The van der Waals surface area contributed by atoms with E-state index < -0.39 is 90.8 Å². The molecule has 4 unspecified atom stereocenters. The summed E-state index contributed by atoms with van der Waals surface area (Å²) < 4.78 is 156. The molecule has 0 amide bonds. The number of nitrogens with two attached hydrogens (primary N) is 4. The number of thioether (sulfide) groups is 4. The topological polar surface area (TPSA) is 661 Å². The van der Waals surface area contributed by atoms with Gasteiger partial charge in [-0.25, -0.2) is 30.0 Å². The van der Waals surface area contributed by atoms with Crippen molar-refractivity contribution in [3.63, 3.8) is 0 Å². The summed E-state index contributed by atoms with van der Waals surface area (Å²) in [6, 6.07) is 6.42. The molecule has 48 heteroatoms. The van der Waals surface area contributed by atoms with Gasteiger partial charge in [-0.15, -0.1) is 11.8 Å². The third-order valence-corrected chi connectivity index (χ3v) is 35.0. The molecule has 0 aromatic carbocycles. The van der Waals surface area contributed by atoms with Gasteiger partial charge in [0.2, 0.25) is 0 Å². The van der Waals surface area contributed by atoms with E-state index in [0.717, 1.165) is 25.7 Å². The molecule has 16 N–H and O–H groups in total. The highest BCUT2D eigenvalue weighted by atomic mass is 32.2. The summed E-state index contributed by atoms with van der Waals surface area (Å²) in [4.78, 5) is 105. The van der Waals surface area contributed by atoms with Crippen LogP contribution in [-0.2, 0) is 78.6 Å². The number of carbonyl (C=O) groups is 4. The maximum atomic E-state index is 11.9. The first kappa shape index (κ1) is 97.9. The molecule has 8 saturated carbocycles. The summed E-state index contributed by atoms with van der Waals surface area (Å²) in [5, 5.41) is 35.1. The first-order chi connectivity index (χ1) is 55.6. The van der Waals surface area contributed by atoms with Crippen molar-refractivity contribution in [1.82, 2.24) is 24.5 Å². The Hall–Kier alpha value is -5.88. The molecule has 672 valence electrons. The van der Waals surface area contributed by atoms with E-state index in [0.29, 0.717) is 95.2 Å². The maximum Gasteiger partial charge on any atom is 0.498 e. The predicted octanol–water partition coefficient (Wildman–Crippen LogP) is -0.0685. The van der Waals surface area contributed by atoms with Crippen LogP contribution in [0.4, 0.5) is 23.3 Å². The number of rotatable bonds is 16. The van der Waals surface area contributed by atoms with E-state index in [1.807, 2.05) is 55.4 Å². The average Bonchev–Trinajstić information content (AvgIpc) is 1.57. The van der Waals surface area contributed by atoms with E-state index >= 15 is 0 Å². The lowest BCUT2D eigenvalue weighted by atomic mass is 9.70. The number of ketones is 4. The van der Waals surface area contributed by atoms with Crippen LogP contribution in [0.2, 0.25) is 0 Å². The molecule has 8 bridgehead atoms. The van der Waals surface area contributed by atoms with Crippen molar-refractivity contribution in [3.8, 4) is 0 Å². The second-order valence-corrected chi connectivity index (χ2v) is 45.0. The quantitative estimate of drug-likeness (QED) is 0.0516. The second kappa shape index (κ2) is 37.7. The first-order valence-corrected chi connectivity index (χ1v) is 48.6. The third-order valence-electron chi connectivity index (χ3n) is 26.6. The normalized spacial score (nSPS) is 32.1. The number of H-pyrrole nitrogens is 3. The van der Waals surface area contributed by atoms with Gasteiger partial charge >= 0.3 is 22.8 Å². The summed E-state index contributed by atoms with van der Waals surface area (Å²) in [7, 11) is -17.1. The van der Waals surface area contributed by atoms with Gasteiger partial charge in [-0.3, -0.25) is 28.3 Å². The van der Waals surface area contributed by atoms with Crippen molar-refractivity contribution in [3.05, 3.63) is 91.0 Å². The van der Waals surface area contributed by atoms with Crippen LogP contribution in [0.25, 0.3) is 0 Å². The fraction of sp³-hybridized carbons (Fsp3) is 0.722. The number of aromatic nitrogens is 8. The number of carbonyl (C=O) groups excluding carboxylic acids is 4. The molecule has 4 aromatic rings. The van der Waals surface area contributed by atoms with E-state index in [1.165, 1.54) is 65.3 Å². The van der Waals surface area contributed by atoms with Crippen LogP contribution in [0.5, 0.6) is 0 Å². The van der Waals surface area contributed by atoms with Crippen LogP contribution in [0, 0.1) is 67.0 Å². The molecule has 16 rings (SSSR count). The molecular formula is C72H108N12O28S8. The Bertz CT molecular complexity index is 4540. The smallest absolute Gasteiger partial charge is 0.498 e. The minimum atomic E-state index is -4.33. The SMILES string of the molecule is CC1(C)[C@H]2CC[C@]1(CS(=O)(=O)O)C(=O)C2.CC1(C)[C@H]2CC[C@]1(CS(=O)(=O)[O-])C(=O)C2.CC1(C)[C@H]2CC[C@]1(CS(=O)(=O)[O-])C(=O)C2.CC1(C)[C@H]2CC[C@]1(CS(=O)(=O)[O-])C(=O)C2.Nc1cc[n+](C2COC(CO)S2)c(=O)[nH]1.Nc1cc[n+]([C@@H]2CO[C@H](CO)S2)c(=O)[nH]1.Nc1cc[n+]([C@H]2CO[C@@H](CO)S2)c(=O)[nH]1.Nc1ccn(C2COC(CO)S2)c(=O)n1. The van der Waals surface area contributed by atoms with Crippen molar-refractivity contribution in [2.75, 3.05) is 98.8 Å². The Kier molecular flexibility index (Phi) is 30.8. The highest BCUT2D eigenvalue weighted by molar-refractivity contribution is 8.00. The lowest BCUT2D eigenvalue weighted by molar-refractivity contribution is -0.716. The Morgan fingerprint density at radius 1 is 0.442 bits per heavy atom. The highest BCUT2D eigenvalue weighted by Crippen LogP contribution is 2.67. The number of anilines is 4. The monoisotopic (exact) mass is 1840 g/mol. The number of hydrogen-bond acceptors (Lipinski definition) is 36. The van der Waals surface area contributed by atoms with Gasteiger partial charge in [0.1, 0.15) is 74.7 Å². The van der Waals surface area contributed by atoms with Crippen molar-refractivity contribution < 1.29 is 124 Å². The Labute approximate surface area is 710 Å². The lowest BCUT2D eigenvalue weighted by Gasteiger charge is -2.37. The fourth-order valence-electron chi connectivity index (χ4n) is 19.1. The van der Waals surface area contributed by atoms with Gasteiger partial charge in [-0.2, -0.15) is 56.4 Å². The number of fused-ring (bicyclic) bond motifs is 8. The second-order valence-electron chi connectivity index (χ2n) is 34.0. The van der Waals surface area contributed by atoms with Crippen molar-refractivity contribution in [1.29, 1.82) is 0 Å². The zero-order chi connectivity index (χ0) is 89.3. The number of hydrogen-bond donors (Lipinski definition) is 12. The zero-order valence-corrected chi connectivity index (χ0v) is 74.0. The van der Waals surface area contributed by atoms with Gasteiger partial charge in [0.05, 0.1) is 112 Å². The van der Waals surface area contributed by atoms with E-state index in [2.05, 4.69) is 19.9 Å². The zero-order valence-electron chi connectivity index (χ0n) is 67.5. The van der Waals surface area contributed by atoms with Crippen LogP contribution < -0.4 is 59.4 Å². The number of aliphatic hydroxyl groups is 4. The van der Waals surface area contributed by atoms with Crippen LogP contribution >= 0.6 is 47.0 Å². The largest absolute Gasteiger partial charge is 0.748 e. The van der Waals surface area contributed by atoms with Gasteiger partial charge in [-0.05, 0) is 103 Å². The minimum Gasteiger partial charge on any atom is -0.748 e. The average molecular weight is 1850 g/mol. The Balaban J connectivity index is 0.000000156. The molecule has 4 aliphatic heterocycles. The Morgan fingerprint density at radius 3 is 0.917 bits per heavy atom. The van der Waals surface area contributed by atoms with Gasteiger partial charge < -0.3 is 76.0 Å². The standard InChI is InChI=1S/4C10H16O4S.4C8H11N3O3S/c4*1-9(2)7-3-4-10(9,8(11)5-7)6-15(12,13)14;4*9-5-1-2-11(8(13)10-5)6-4-14-7(3-12)15-6/h4*7H,3-6H2,1-2H3,(H,12,13,14);4*1-2,6-7,12H,3-4H2,(H2,9,10,13)/t4*7-,10-;2*6-,7-;;/m000010../s1. The number of aliphatic hydroxyl groups excluding tert-OH is 4. The molecule has 120 heavy (non-hydrogen) atoms. The molecule has 4 saturated heterocycles. The molecule has 16 atom stereocenters. The third kappa shape index (κ3) is 21.4. The van der Waals surface area contributed by atoms with Crippen molar-refractivity contribution >= 4 is 134 Å². The number of nitrogens with zero attached hydrogens (tertiary/aromatic N) is 5. The number of Topliss-reactive ketones (excluding diaryl/α,β-unsaturated/α-hetero) is 4. The van der Waals surface area contributed by atoms with Crippen molar-refractivity contribution in [2.45, 2.75) is 176 Å². The predicted molar refractivity (Wildman–Crippen MR) is 436 cm³/mol. The summed E-state index contributed by atoms with van der Waals surface area (Å²) >= 11 is 5.63. The van der Waals surface area contributed by atoms with Crippen LogP contribution in [-0.4, -0.2) is 218 Å². The van der Waals surface area contributed by atoms with Gasteiger partial charge in [0.25, 0.3) is 10.1 Å². The number of nitrogen functional groups attached to an aromatic ring is 4. The minimum absolute atomic E-state index is 0.0152. The molecule has 4 aromatic heterocycles. The summed E-state index contributed by atoms with van der Waals surface area (Å²) in [6.45, 7) is 16.8. The maximum absolute atomic E-state index is 11.9. The van der Waals surface area contributed by atoms with Gasteiger partial charge in [-0.1, -0.05) is 90.7 Å². The highest BCUT2D eigenvalue weighted by Gasteiger charge is 2.68. The molecule has 12 aliphatic rings. The molecule has 0 spiro atoms. The lowest BCUT2D eigenvalue weighted by Crippen LogP contribution is -2.53. The van der Waals surface area contributed by atoms with Gasteiger partial charge in [0, 0.05) is 66.3 Å². The van der Waals surface area contributed by atoms with Crippen LogP contribution in [0.15, 0.2) is 68.2 Å². The molecular weight excluding hydrogens is 1740 g/mol.